The van der Waals surface area contributed by atoms with Crippen molar-refractivity contribution in [3.05, 3.63) is 22.5 Å². The average molecular weight is 263 g/mol. The zero-order valence-electron chi connectivity index (χ0n) is 11.4. The molecular formula is C14H21N3S. The molecule has 0 amide bonds. The van der Waals surface area contributed by atoms with Crippen molar-refractivity contribution in [1.82, 2.24) is 14.7 Å². The summed E-state index contributed by atoms with van der Waals surface area (Å²) in [7, 11) is 0. The molecule has 3 nitrogen and oxygen atoms in total. The summed E-state index contributed by atoms with van der Waals surface area (Å²) in [5.41, 5.74) is 2.89. The van der Waals surface area contributed by atoms with Crippen LogP contribution in [0, 0.1) is 13.8 Å². The van der Waals surface area contributed by atoms with Gasteiger partial charge >= 0.3 is 0 Å². The summed E-state index contributed by atoms with van der Waals surface area (Å²) in [4.78, 5) is 7.17. The molecule has 0 saturated carbocycles. The Balaban J connectivity index is 2.00. The minimum absolute atomic E-state index is 0.302. The number of nitrogens with one attached hydrogen (secondary N) is 1. The van der Waals surface area contributed by atoms with Gasteiger partial charge in [0.15, 0.2) is 4.96 Å². The van der Waals surface area contributed by atoms with Crippen molar-refractivity contribution >= 4 is 16.3 Å². The molecule has 0 spiro atoms. The lowest BCUT2D eigenvalue weighted by Gasteiger charge is -2.28. The summed E-state index contributed by atoms with van der Waals surface area (Å²) < 4.78 is 2.30. The number of hydrogen-bond donors (Lipinski definition) is 1. The van der Waals surface area contributed by atoms with Gasteiger partial charge in [0, 0.05) is 28.7 Å². The minimum atomic E-state index is 0.302. The molecule has 98 valence electrons. The first kappa shape index (κ1) is 12.2. The van der Waals surface area contributed by atoms with E-state index in [0.717, 1.165) is 17.9 Å². The molecule has 0 bridgehead atoms. The van der Waals surface area contributed by atoms with E-state index >= 15 is 0 Å². The first-order chi connectivity index (χ1) is 8.63. The topological polar surface area (TPSA) is 29.3 Å². The summed E-state index contributed by atoms with van der Waals surface area (Å²) >= 11 is 1.78. The van der Waals surface area contributed by atoms with Crippen molar-refractivity contribution in [3.63, 3.8) is 0 Å². The second-order valence-corrected chi connectivity index (χ2v) is 6.69. The van der Waals surface area contributed by atoms with E-state index in [1.54, 1.807) is 11.3 Å². The first-order valence-electron chi connectivity index (χ1n) is 6.82. The van der Waals surface area contributed by atoms with Gasteiger partial charge in [-0.25, -0.2) is 4.98 Å². The molecule has 2 aromatic rings. The summed E-state index contributed by atoms with van der Waals surface area (Å²) in [6.07, 6.45) is 7.12. The molecule has 4 heteroatoms. The SMILES string of the molecule is CCC1(Cc2c(C)nc3sc(C)cn23)CCCN1. The van der Waals surface area contributed by atoms with Gasteiger partial charge < -0.3 is 5.32 Å². The third kappa shape index (κ3) is 1.88. The van der Waals surface area contributed by atoms with Crippen LogP contribution in [0.15, 0.2) is 6.20 Å². The molecule has 1 aliphatic heterocycles. The van der Waals surface area contributed by atoms with E-state index in [4.69, 9.17) is 4.98 Å². The molecule has 3 heterocycles. The largest absolute Gasteiger partial charge is 0.311 e. The van der Waals surface area contributed by atoms with Gasteiger partial charge in [-0.1, -0.05) is 6.92 Å². The second-order valence-electron chi connectivity index (χ2n) is 5.48. The maximum Gasteiger partial charge on any atom is 0.194 e. The number of nitrogens with zero attached hydrogens (tertiary/aromatic N) is 2. The number of rotatable bonds is 3. The number of imidazole rings is 1. The second kappa shape index (κ2) is 4.35. The molecule has 1 atom stereocenters. The van der Waals surface area contributed by atoms with E-state index in [1.807, 2.05) is 0 Å². The van der Waals surface area contributed by atoms with Crippen LogP contribution >= 0.6 is 11.3 Å². The maximum absolute atomic E-state index is 4.70. The van der Waals surface area contributed by atoms with Crippen LogP contribution in [0.1, 0.15) is 42.5 Å². The van der Waals surface area contributed by atoms with E-state index < -0.39 is 0 Å². The molecule has 1 fully saturated rings. The van der Waals surface area contributed by atoms with Gasteiger partial charge in [0.05, 0.1) is 5.69 Å². The van der Waals surface area contributed by atoms with Crippen LogP contribution < -0.4 is 5.32 Å². The first-order valence-corrected chi connectivity index (χ1v) is 7.64. The van der Waals surface area contributed by atoms with E-state index in [1.165, 1.54) is 35.5 Å². The van der Waals surface area contributed by atoms with Crippen LogP contribution in [0.25, 0.3) is 4.96 Å². The van der Waals surface area contributed by atoms with E-state index in [2.05, 4.69) is 36.7 Å². The lowest BCUT2D eigenvalue weighted by molar-refractivity contribution is 0.355. The highest BCUT2D eigenvalue weighted by atomic mass is 32.1. The van der Waals surface area contributed by atoms with Crippen molar-refractivity contribution in [1.29, 1.82) is 0 Å². The van der Waals surface area contributed by atoms with Crippen LogP contribution in [0.5, 0.6) is 0 Å². The number of hydrogen-bond acceptors (Lipinski definition) is 3. The lowest BCUT2D eigenvalue weighted by atomic mass is 9.88. The Morgan fingerprint density at radius 2 is 2.33 bits per heavy atom. The van der Waals surface area contributed by atoms with Crippen molar-refractivity contribution in [3.8, 4) is 0 Å². The normalized spacial score (nSPS) is 24.2. The lowest BCUT2D eigenvalue weighted by Crippen LogP contribution is -2.41. The Morgan fingerprint density at radius 3 is 3.00 bits per heavy atom. The zero-order chi connectivity index (χ0) is 12.8. The highest BCUT2D eigenvalue weighted by Gasteiger charge is 2.33. The molecule has 0 radical (unpaired) electrons. The van der Waals surface area contributed by atoms with Gasteiger partial charge in [-0.05, 0) is 39.7 Å². The third-order valence-corrected chi connectivity index (χ3v) is 5.15. The molecule has 0 aliphatic carbocycles. The van der Waals surface area contributed by atoms with Crippen molar-refractivity contribution in [2.45, 2.75) is 52.0 Å². The Labute approximate surface area is 112 Å². The van der Waals surface area contributed by atoms with Crippen LogP contribution in [0.3, 0.4) is 0 Å². The number of aryl methyl sites for hydroxylation is 2. The standard InChI is InChI=1S/C14H21N3S/c1-4-14(6-5-7-15-14)8-12-11(3)16-13-17(12)9-10(2)18-13/h9,15H,4-8H2,1-3H3. The van der Waals surface area contributed by atoms with E-state index in [0.29, 0.717) is 5.54 Å². The maximum atomic E-state index is 4.70. The third-order valence-electron chi connectivity index (χ3n) is 4.26. The highest BCUT2D eigenvalue weighted by molar-refractivity contribution is 7.17. The van der Waals surface area contributed by atoms with E-state index in [9.17, 15) is 0 Å². The van der Waals surface area contributed by atoms with Gasteiger partial charge in [-0.2, -0.15) is 0 Å². The highest BCUT2D eigenvalue weighted by Crippen LogP contribution is 2.30. The minimum Gasteiger partial charge on any atom is -0.311 e. The average Bonchev–Trinajstić information content (AvgIpc) is 2.99. The Kier molecular flexibility index (Phi) is 2.94. The summed E-state index contributed by atoms with van der Waals surface area (Å²) in [6, 6.07) is 0. The summed E-state index contributed by atoms with van der Waals surface area (Å²) in [6.45, 7) is 7.76. The summed E-state index contributed by atoms with van der Waals surface area (Å²) in [5, 5.41) is 3.72. The predicted molar refractivity (Wildman–Crippen MR) is 76.5 cm³/mol. The molecular weight excluding hydrogens is 242 g/mol. The van der Waals surface area contributed by atoms with Crippen LogP contribution in [-0.2, 0) is 6.42 Å². The molecule has 1 aliphatic rings. The van der Waals surface area contributed by atoms with E-state index in [-0.39, 0.29) is 0 Å². The fourth-order valence-corrected chi connectivity index (χ4v) is 3.98. The predicted octanol–water partition coefficient (Wildman–Crippen LogP) is 3.09. The summed E-state index contributed by atoms with van der Waals surface area (Å²) in [5.74, 6) is 0. The fraction of sp³-hybridized carbons (Fsp3) is 0.643. The van der Waals surface area contributed by atoms with Gasteiger partial charge in [0.1, 0.15) is 0 Å². The number of fused-ring (bicyclic) bond motifs is 1. The van der Waals surface area contributed by atoms with Gasteiger partial charge in [0.2, 0.25) is 0 Å². The van der Waals surface area contributed by atoms with Crippen molar-refractivity contribution < 1.29 is 0 Å². The molecule has 0 aromatic carbocycles. The molecule has 1 saturated heterocycles. The monoisotopic (exact) mass is 263 g/mol. The molecule has 3 rings (SSSR count). The fourth-order valence-electron chi connectivity index (χ4n) is 3.09. The number of aromatic nitrogens is 2. The Hall–Kier alpha value is -0.870. The van der Waals surface area contributed by atoms with Crippen LogP contribution in [0.4, 0.5) is 0 Å². The van der Waals surface area contributed by atoms with Crippen molar-refractivity contribution in [2.75, 3.05) is 6.54 Å². The van der Waals surface area contributed by atoms with Crippen LogP contribution in [0.2, 0.25) is 0 Å². The number of thiazole rings is 1. The van der Waals surface area contributed by atoms with Gasteiger partial charge in [-0.15, -0.1) is 11.3 Å². The Bertz CT molecular complexity index is 561. The van der Waals surface area contributed by atoms with Gasteiger partial charge in [-0.3, -0.25) is 4.40 Å². The molecule has 18 heavy (non-hydrogen) atoms. The van der Waals surface area contributed by atoms with Crippen molar-refractivity contribution in [2.24, 2.45) is 0 Å². The zero-order valence-corrected chi connectivity index (χ0v) is 12.2. The van der Waals surface area contributed by atoms with Gasteiger partial charge in [0.25, 0.3) is 0 Å². The van der Waals surface area contributed by atoms with Crippen LogP contribution in [-0.4, -0.2) is 21.5 Å². The molecule has 2 aromatic heterocycles. The Morgan fingerprint density at radius 1 is 1.50 bits per heavy atom. The quantitative estimate of drug-likeness (QED) is 0.922. The molecule has 1 N–H and O–H groups in total. The molecule has 1 unspecified atom stereocenters. The smallest absolute Gasteiger partial charge is 0.194 e.